The minimum atomic E-state index is -0.671. The normalized spacial score (nSPS) is 19.2. The first kappa shape index (κ1) is 23.1. The number of ether oxygens (including phenoxy) is 1. The summed E-state index contributed by atoms with van der Waals surface area (Å²) in [5.41, 5.74) is 4.08. The molecule has 1 unspecified atom stereocenters. The lowest BCUT2D eigenvalue weighted by Gasteiger charge is -2.38. The van der Waals surface area contributed by atoms with E-state index in [9.17, 15) is 9.59 Å². The number of aryl methyl sites for hydroxylation is 1. The van der Waals surface area contributed by atoms with E-state index in [4.69, 9.17) is 16.3 Å². The molecule has 1 fully saturated rings. The van der Waals surface area contributed by atoms with Crippen molar-refractivity contribution < 1.29 is 14.3 Å². The van der Waals surface area contributed by atoms with Crippen molar-refractivity contribution >= 4 is 29.3 Å². The summed E-state index contributed by atoms with van der Waals surface area (Å²) in [4.78, 5) is 30.1. The fourth-order valence-corrected chi connectivity index (χ4v) is 4.59. The Labute approximate surface area is 199 Å². The molecule has 0 radical (unpaired) electrons. The van der Waals surface area contributed by atoms with Crippen molar-refractivity contribution in [2.24, 2.45) is 0 Å². The Balaban J connectivity index is 1.57. The molecule has 2 aromatic rings. The average molecular weight is 469 g/mol. The summed E-state index contributed by atoms with van der Waals surface area (Å²) in [5.74, 6) is -0.455. The van der Waals surface area contributed by atoms with Crippen molar-refractivity contribution in [2.45, 2.75) is 19.9 Å². The number of anilines is 1. The largest absolute Gasteiger partial charge is 0.463 e. The van der Waals surface area contributed by atoms with E-state index in [1.54, 1.807) is 13.0 Å². The highest BCUT2D eigenvalue weighted by Gasteiger charge is 2.35. The van der Waals surface area contributed by atoms with Crippen LogP contribution in [0.25, 0.3) is 0 Å². The first-order valence-electron chi connectivity index (χ1n) is 11.2. The van der Waals surface area contributed by atoms with Gasteiger partial charge >= 0.3 is 12.0 Å². The van der Waals surface area contributed by atoms with E-state index in [2.05, 4.69) is 51.6 Å². The van der Waals surface area contributed by atoms with Crippen LogP contribution < -0.4 is 15.5 Å². The molecule has 8 heteroatoms. The number of esters is 1. The standard InChI is InChI=1S/C25H29ClN4O3/c1-3-33-24(31)22-21(27-25(32)28-23(22)19-9-4-5-10-20(19)26)16-29-11-13-30(14-12-29)18-8-6-7-17(2)15-18/h4-10,15,23H,3,11-14,16H2,1-2H3,(H2,27,28,32). The Morgan fingerprint density at radius 1 is 1.12 bits per heavy atom. The number of halogens is 1. The van der Waals surface area contributed by atoms with Crippen molar-refractivity contribution in [3.8, 4) is 0 Å². The molecule has 33 heavy (non-hydrogen) atoms. The second-order valence-corrected chi connectivity index (χ2v) is 8.68. The highest BCUT2D eigenvalue weighted by Crippen LogP contribution is 2.32. The Bertz CT molecular complexity index is 1060. The van der Waals surface area contributed by atoms with Crippen LogP contribution in [0.2, 0.25) is 5.02 Å². The second kappa shape index (κ2) is 10.3. The van der Waals surface area contributed by atoms with E-state index in [0.717, 1.165) is 26.2 Å². The van der Waals surface area contributed by atoms with Crippen molar-refractivity contribution in [3.63, 3.8) is 0 Å². The van der Waals surface area contributed by atoms with Gasteiger partial charge in [0.05, 0.1) is 18.2 Å². The minimum Gasteiger partial charge on any atom is -0.463 e. The molecule has 2 aliphatic heterocycles. The number of nitrogens with zero attached hydrogens (tertiary/aromatic N) is 2. The van der Waals surface area contributed by atoms with E-state index < -0.39 is 12.0 Å². The summed E-state index contributed by atoms with van der Waals surface area (Å²) < 4.78 is 5.36. The number of urea groups is 1. The Morgan fingerprint density at radius 2 is 1.88 bits per heavy atom. The monoisotopic (exact) mass is 468 g/mol. The SMILES string of the molecule is CCOC(=O)C1=C(CN2CCN(c3cccc(C)c3)CC2)NC(=O)NC1c1ccccc1Cl. The summed E-state index contributed by atoms with van der Waals surface area (Å²) >= 11 is 6.41. The number of nitrogens with one attached hydrogen (secondary N) is 2. The maximum atomic E-state index is 13.0. The van der Waals surface area contributed by atoms with Gasteiger partial charge in [0.1, 0.15) is 0 Å². The molecule has 2 aliphatic rings. The summed E-state index contributed by atoms with van der Waals surface area (Å²) in [5, 5.41) is 6.18. The predicted octanol–water partition coefficient (Wildman–Crippen LogP) is 3.64. The third kappa shape index (κ3) is 5.31. The number of piperazine rings is 1. The lowest BCUT2D eigenvalue weighted by molar-refractivity contribution is -0.139. The topological polar surface area (TPSA) is 73.9 Å². The van der Waals surface area contributed by atoms with E-state index in [0.29, 0.717) is 28.4 Å². The molecule has 7 nitrogen and oxygen atoms in total. The summed E-state index contributed by atoms with van der Waals surface area (Å²) in [6.07, 6.45) is 0. The van der Waals surface area contributed by atoms with Crippen LogP contribution in [-0.2, 0) is 9.53 Å². The van der Waals surface area contributed by atoms with Crippen LogP contribution in [0.1, 0.15) is 24.1 Å². The second-order valence-electron chi connectivity index (χ2n) is 8.27. The van der Waals surface area contributed by atoms with Gasteiger partial charge in [0.15, 0.2) is 0 Å². The number of rotatable bonds is 6. The van der Waals surface area contributed by atoms with Crippen LogP contribution in [-0.4, -0.2) is 56.2 Å². The molecule has 0 aromatic heterocycles. The summed E-state index contributed by atoms with van der Waals surface area (Å²) in [7, 11) is 0. The highest BCUT2D eigenvalue weighted by atomic mass is 35.5. The van der Waals surface area contributed by atoms with E-state index in [-0.39, 0.29) is 12.6 Å². The fraction of sp³-hybridized carbons (Fsp3) is 0.360. The van der Waals surface area contributed by atoms with Gasteiger partial charge in [-0.2, -0.15) is 0 Å². The molecule has 0 bridgehead atoms. The smallest absolute Gasteiger partial charge is 0.338 e. The van der Waals surface area contributed by atoms with Crippen LogP contribution in [0.15, 0.2) is 59.8 Å². The highest BCUT2D eigenvalue weighted by molar-refractivity contribution is 6.31. The number of hydrogen-bond donors (Lipinski definition) is 2. The van der Waals surface area contributed by atoms with Crippen molar-refractivity contribution in [2.75, 3.05) is 44.2 Å². The maximum absolute atomic E-state index is 13.0. The third-order valence-corrected chi connectivity index (χ3v) is 6.33. The van der Waals surface area contributed by atoms with Crippen molar-refractivity contribution in [1.29, 1.82) is 0 Å². The van der Waals surface area contributed by atoms with Gasteiger partial charge in [0.2, 0.25) is 0 Å². The zero-order chi connectivity index (χ0) is 23.4. The van der Waals surface area contributed by atoms with Crippen LogP contribution in [0, 0.1) is 6.92 Å². The van der Waals surface area contributed by atoms with Gasteiger partial charge < -0.3 is 20.3 Å². The molecule has 0 aliphatic carbocycles. The first-order chi connectivity index (χ1) is 16.0. The molecule has 0 saturated carbocycles. The Kier molecular flexibility index (Phi) is 7.20. The molecule has 4 rings (SSSR count). The van der Waals surface area contributed by atoms with Gasteiger partial charge in [0.25, 0.3) is 0 Å². The van der Waals surface area contributed by atoms with Crippen molar-refractivity contribution in [3.05, 3.63) is 76.0 Å². The zero-order valence-corrected chi connectivity index (χ0v) is 19.7. The average Bonchev–Trinajstić information content (AvgIpc) is 2.79. The van der Waals surface area contributed by atoms with Gasteiger partial charge in [-0.05, 0) is 43.2 Å². The number of carbonyl (C=O) groups is 2. The molecule has 2 amide bonds. The molecule has 2 aromatic carbocycles. The fourth-order valence-electron chi connectivity index (χ4n) is 4.35. The predicted molar refractivity (Wildman–Crippen MR) is 129 cm³/mol. The lowest BCUT2D eigenvalue weighted by Crippen LogP contribution is -2.51. The molecule has 2 heterocycles. The molecule has 1 saturated heterocycles. The van der Waals surface area contributed by atoms with Crippen LogP contribution >= 0.6 is 11.6 Å². The quantitative estimate of drug-likeness (QED) is 0.633. The van der Waals surface area contributed by atoms with Crippen LogP contribution in [0.3, 0.4) is 0 Å². The van der Waals surface area contributed by atoms with Crippen LogP contribution in [0.5, 0.6) is 0 Å². The molecule has 1 atom stereocenters. The number of benzene rings is 2. The van der Waals surface area contributed by atoms with Crippen molar-refractivity contribution in [1.82, 2.24) is 15.5 Å². The van der Waals surface area contributed by atoms with Gasteiger partial charge in [-0.3, -0.25) is 4.90 Å². The zero-order valence-electron chi connectivity index (χ0n) is 18.9. The lowest BCUT2D eigenvalue weighted by atomic mass is 9.94. The molecule has 2 N–H and O–H groups in total. The maximum Gasteiger partial charge on any atom is 0.338 e. The third-order valence-electron chi connectivity index (χ3n) is 5.99. The number of amides is 2. The van der Waals surface area contributed by atoms with E-state index in [1.807, 2.05) is 18.2 Å². The van der Waals surface area contributed by atoms with Gasteiger partial charge in [-0.25, -0.2) is 9.59 Å². The minimum absolute atomic E-state index is 0.244. The van der Waals surface area contributed by atoms with Gasteiger partial charge in [-0.1, -0.05) is 41.9 Å². The van der Waals surface area contributed by atoms with Gasteiger partial charge in [0, 0.05) is 49.1 Å². The number of hydrogen-bond acceptors (Lipinski definition) is 5. The Morgan fingerprint density at radius 3 is 2.58 bits per heavy atom. The number of carbonyl (C=O) groups excluding carboxylic acids is 2. The van der Waals surface area contributed by atoms with Crippen LogP contribution in [0.4, 0.5) is 10.5 Å². The molecular weight excluding hydrogens is 440 g/mol. The first-order valence-corrected chi connectivity index (χ1v) is 11.6. The Hall–Kier alpha value is -3.03. The van der Waals surface area contributed by atoms with E-state index >= 15 is 0 Å². The summed E-state index contributed by atoms with van der Waals surface area (Å²) in [6.45, 7) is 7.91. The summed E-state index contributed by atoms with van der Waals surface area (Å²) in [6, 6.07) is 14.7. The van der Waals surface area contributed by atoms with E-state index in [1.165, 1.54) is 11.3 Å². The molecule has 174 valence electrons. The molecular formula is C25H29ClN4O3. The molecule has 0 spiro atoms. The van der Waals surface area contributed by atoms with Gasteiger partial charge in [-0.15, -0.1) is 0 Å².